The summed E-state index contributed by atoms with van der Waals surface area (Å²) in [7, 11) is 0. The molecule has 0 radical (unpaired) electrons. The van der Waals surface area contributed by atoms with Crippen molar-refractivity contribution in [1.29, 1.82) is 0 Å². The monoisotopic (exact) mass is 554 g/mol. The van der Waals surface area contributed by atoms with E-state index in [9.17, 15) is 0 Å². The number of hydrogen-bond acceptors (Lipinski definition) is 4. The summed E-state index contributed by atoms with van der Waals surface area (Å²) in [6, 6.07) is 37.8. The second-order valence-electron chi connectivity index (χ2n) is 13.4. The molecule has 0 aromatic heterocycles. The van der Waals surface area contributed by atoms with Gasteiger partial charge in [0.05, 0.1) is 36.1 Å². The van der Waals surface area contributed by atoms with Gasteiger partial charge in [-0.3, -0.25) is 0 Å². The van der Waals surface area contributed by atoms with Gasteiger partial charge >= 0.3 is 0 Å². The molecule has 0 fully saturated rings. The molecule has 0 N–H and O–H groups in total. The van der Waals surface area contributed by atoms with E-state index in [-0.39, 0.29) is 0 Å². The highest BCUT2D eigenvalue weighted by Gasteiger charge is 2.51. The highest BCUT2D eigenvalue weighted by atomic mass is 15.4. The van der Waals surface area contributed by atoms with Crippen molar-refractivity contribution in [2.24, 2.45) is 11.8 Å². The minimum atomic E-state index is 0.409. The Morgan fingerprint density at radius 1 is 0.476 bits per heavy atom. The van der Waals surface area contributed by atoms with Gasteiger partial charge in [0, 0.05) is 37.0 Å². The van der Waals surface area contributed by atoms with E-state index in [0.29, 0.717) is 35.8 Å². The van der Waals surface area contributed by atoms with Crippen molar-refractivity contribution < 1.29 is 0 Å². The van der Waals surface area contributed by atoms with Gasteiger partial charge in [0.15, 0.2) is 0 Å². The standard InChI is InChI=1S/C38H42N4/c1-25(2)41-23-39(33-17-9-11-19-35(33)41)21-31-32(22-40-24-42(26(3)4)36-20-12-10-18-34(36)40)38-29-15-7-5-13-27(29)37(31)28-14-6-8-16-30(28)38/h5-20,25-26,31-32,37-38H,21-24H2,1-4H3/t31-,32-,37?,38?/m0/s1. The highest BCUT2D eigenvalue weighted by Crippen LogP contribution is 2.59. The van der Waals surface area contributed by atoms with Crippen LogP contribution in [0.5, 0.6) is 0 Å². The van der Waals surface area contributed by atoms with Crippen LogP contribution in [0.25, 0.3) is 0 Å². The zero-order valence-electron chi connectivity index (χ0n) is 25.3. The highest BCUT2D eigenvalue weighted by molar-refractivity contribution is 5.78. The molecule has 9 rings (SSSR count). The maximum absolute atomic E-state index is 2.69. The van der Waals surface area contributed by atoms with Crippen LogP contribution in [0.4, 0.5) is 22.7 Å². The van der Waals surface area contributed by atoms with Crippen molar-refractivity contribution in [2.45, 2.75) is 51.6 Å². The molecule has 2 atom stereocenters. The first-order valence-corrected chi connectivity index (χ1v) is 15.9. The number of fused-ring (bicyclic) bond motifs is 3. The molecular weight excluding hydrogens is 512 g/mol. The number of hydrogen-bond donors (Lipinski definition) is 0. The molecule has 4 nitrogen and oxygen atoms in total. The molecule has 5 aliphatic rings. The molecule has 0 saturated heterocycles. The molecular formula is C38H42N4. The Hall–Kier alpha value is -3.92. The average molecular weight is 555 g/mol. The summed E-state index contributed by atoms with van der Waals surface area (Å²) < 4.78 is 0. The normalized spacial score (nSPS) is 23.5. The van der Waals surface area contributed by atoms with Gasteiger partial charge in [-0.25, -0.2) is 0 Å². The number of anilines is 4. The van der Waals surface area contributed by atoms with Gasteiger partial charge in [0.1, 0.15) is 0 Å². The maximum Gasteiger partial charge on any atom is 0.0906 e. The Labute approximate surface area is 251 Å². The van der Waals surface area contributed by atoms with Crippen molar-refractivity contribution in [1.82, 2.24) is 0 Å². The largest absolute Gasteiger partial charge is 0.352 e. The SMILES string of the molecule is CC(C)N1CN(C[C@@H]2C3c4ccccc4C(c4ccccc43)[C@H]2CN2CN(C(C)C)c3ccccc32)c2ccccc21. The van der Waals surface area contributed by atoms with Gasteiger partial charge in [-0.1, -0.05) is 72.8 Å². The van der Waals surface area contributed by atoms with E-state index in [4.69, 9.17) is 0 Å². The molecule has 4 aromatic rings. The lowest BCUT2D eigenvalue weighted by molar-refractivity contribution is 0.235. The summed E-state index contributed by atoms with van der Waals surface area (Å²) in [5, 5.41) is 0. The van der Waals surface area contributed by atoms with Gasteiger partial charge in [0.2, 0.25) is 0 Å². The van der Waals surface area contributed by atoms with Crippen LogP contribution in [-0.2, 0) is 0 Å². The molecule has 0 unspecified atom stereocenters. The van der Waals surface area contributed by atoms with Crippen LogP contribution < -0.4 is 19.6 Å². The summed E-state index contributed by atoms with van der Waals surface area (Å²) in [6.07, 6.45) is 0. The molecule has 3 aliphatic carbocycles. The van der Waals surface area contributed by atoms with E-state index in [1.165, 1.54) is 22.7 Å². The molecule has 2 aliphatic heterocycles. The number of para-hydroxylation sites is 4. The third-order valence-corrected chi connectivity index (χ3v) is 10.6. The summed E-state index contributed by atoms with van der Waals surface area (Å²) in [4.78, 5) is 10.5. The van der Waals surface area contributed by atoms with Crippen molar-refractivity contribution in [3.05, 3.63) is 119 Å². The minimum Gasteiger partial charge on any atom is -0.352 e. The van der Waals surface area contributed by atoms with E-state index in [1.54, 1.807) is 22.3 Å². The van der Waals surface area contributed by atoms with Crippen LogP contribution in [0, 0.1) is 11.8 Å². The second kappa shape index (κ2) is 9.83. The summed E-state index contributed by atoms with van der Waals surface area (Å²) in [6.45, 7) is 13.4. The number of benzene rings is 4. The molecule has 0 saturated carbocycles. The van der Waals surface area contributed by atoms with E-state index in [1.807, 2.05) is 0 Å². The number of rotatable bonds is 6. The fourth-order valence-corrected chi connectivity index (χ4v) is 8.71. The van der Waals surface area contributed by atoms with Gasteiger partial charge in [0.25, 0.3) is 0 Å². The Bertz CT molecular complexity index is 1460. The predicted octanol–water partition coefficient (Wildman–Crippen LogP) is 7.89. The third-order valence-electron chi connectivity index (χ3n) is 10.6. The van der Waals surface area contributed by atoms with E-state index in [0.717, 1.165) is 26.4 Å². The van der Waals surface area contributed by atoms with E-state index in [2.05, 4.69) is 144 Å². The zero-order valence-corrected chi connectivity index (χ0v) is 25.3. The Kier molecular flexibility index (Phi) is 6.03. The first-order valence-electron chi connectivity index (χ1n) is 15.9. The van der Waals surface area contributed by atoms with Gasteiger partial charge in [-0.15, -0.1) is 0 Å². The molecule has 4 aromatic carbocycles. The van der Waals surface area contributed by atoms with Gasteiger partial charge in [-0.05, 0) is 86.1 Å². The van der Waals surface area contributed by atoms with Crippen LogP contribution in [0.2, 0.25) is 0 Å². The summed E-state index contributed by atoms with van der Waals surface area (Å²) in [5.74, 6) is 1.85. The molecule has 0 amide bonds. The predicted molar refractivity (Wildman–Crippen MR) is 176 cm³/mol. The van der Waals surface area contributed by atoms with Crippen LogP contribution >= 0.6 is 0 Å². The maximum atomic E-state index is 2.69. The topological polar surface area (TPSA) is 13.0 Å². The van der Waals surface area contributed by atoms with Gasteiger partial charge in [-0.2, -0.15) is 0 Å². The first kappa shape index (κ1) is 25.8. The van der Waals surface area contributed by atoms with Crippen molar-refractivity contribution in [3.63, 3.8) is 0 Å². The van der Waals surface area contributed by atoms with E-state index < -0.39 is 0 Å². The third kappa shape index (κ3) is 3.80. The average Bonchev–Trinajstić information content (AvgIpc) is 3.57. The van der Waals surface area contributed by atoms with Crippen LogP contribution in [-0.4, -0.2) is 38.5 Å². The molecule has 4 heteroatoms. The smallest absolute Gasteiger partial charge is 0.0906 e. The molecule has 42 heavy (non-hydrogen) atoms. The molecule has 2 heterocycles. The molecule has 214 valence electrons. The second-order valence-corrected chi connectivity index (χ2v) is 13.4. The van der Waals surface area contributed by atoms with Crippen LogP contribution in [0.1, 0.15) is 61.8 Å². The van der Waals surface area contributed by atoms with Crippen LogP contribution in [0.15, 0.2) is 97.1 Å². The van der Waals surface area contributed by atoms with Crippen molar-refractivity contribution >= 4 is 22.7 Å². The molecule has 0 spiro atoms. The Morgan fingerprint density at radius 3 is 1.12 bits per heavy atom. The van der Waals surface area contributed by atoms with Crippen molar-refractivity contribution in [2.75, 3.05) is 46.0 Å². The first-order chi connectivity index (χ1) is 20.5. The Morgan fingerprint density at radius 2 is 0.786 bits per heavy atom. The quantitative estimate of drug-likeness (QED) is 0.240. The lowest BCUT2D eigenvalue weighted by Crippen LogP contribution is -2.50. The minimum absolute atomic E-state index is 0.409. The van der Waals surface area contributed by atoms with Gasteiger partial charge < -0.3 is 19.6 Å². The summed E-state index contributed by atoms with van der Waals surface area (Å²) >= 11 is 0. The zero-order chi connectivity index (χ0) is 28.5. The van der Waals surface area contributed by atoms with E-state index >= 15 is 0 Å². The number of nitrogens with zero attached hydrogens (tertiary/aromatic N) is 4. The Balaban J connectivity index is 1.23. The summed E-state index contributed by atoms with van der Waals surface area (Å²) in [5.41, 5.74) is 11.8. The fourth-order valence-electron chi connectivity index (χ4n) is 8.71. The fraction of sp³-hybridized carbons (Fsp3) is 0.368. The van der Waals surface area contributed by atoms with Crippen LogP contribution in [0.3, 0.4) is 0 Å². The lowest BCUT2D eigenvalue weighted by Gasteiger charge is -2.52. The lowest BCUT2D eigenvalue weighted by atomic mass is 9.54. The van der Waals surface area contributed by atoms with Crippen molar-refractivity contribution in [3.8, 4) is 0 Å². The molecule has 2 bridgehead atoms.